The number of anilines is 1. The van der Waals surface area contributed by atoms with E-state index in [-0.39, 0.29) is 5.91 Å². The molecule has 1 amide bonds. The molecule has 4 nitrogen and oxygen atoms in total. The Morgan fingerprint density at radius 2 is 1.90 bits per heavy atom. The number of carbonyl (C=O) groups excluding carboxylic acids is 1. The van der Waals surface area contributed by atoms with Gasteiger partial charge in [0.25, 0.3) is 0 Å². The van der Waals surface area contributed by atoms with E-state index in [2.05, 4.69) is 47.6 Å². The molecule has 2 N–H and O–H groups in total. The summed E-state index contributed by atoms with van der Waals surface area (Å²) in [5, 5.41) is 6.22. The van der Waals surface area contributed by atoms with Gasteiger partial charge in [0.05, 0.1) is 0 Å². The minimum Gasteiger partial charge on any atom is -0.385 e. The van der Waals surface area contributed by atoms with Crippen molar-refractivity contribution in [3.8, 4) is 0 Å². The van der Waals surface area contributed by atoms with E-state index in [0.717, 1.165) is 25.2 Å². The van der Waals surface area contributed by atoms with Crippen molar-refractivity contribution in [1.82, 2.24) is 10.2 Å². The molecule has 0 radical (unpaired) electrons. The van der Waals surface area contributed by atoms with Gasteiger partial charge in [-0.05, 0) is 64.2 Å². The molecule has 0 spiro atoms. The Labute approximate surface area is 122 Å². The number of rotatable bonds is 8. The zero-order valence-electron chi connectivity index (χ0n) is 13.1. The fourth-order valence-corrected chi connectivity index (χ4v) is 1.88. The second-order valence-electron chi connectivity index (χ2n) is 5.48. The van der Waals surface area contributed by atoms with Crippen LogP contribution in [0.1, 0.15) is 24.0 Å². The van der Waals surface area contributed by atoms with Gasteiger partial charge in [-0.2, -0.15) is 0 Å². The molecule has 1 aromatic carbocycles. The van der Waals surface area contributed by atoms with Gasteiger partial charge in [-0.3, -0.25) is 4.79 Å². The van der Waals surface area contributed by atoms with Gasteiger partial charge < -0.3 is 15.5 Å². The van der Waals surface area contributed by atoms with E-state index >= 15 is 0 Å². The van der Waals surface area contributed by atoms with E-state index in [4.69, 9.17) is 0 Å². The predicted octanol–water partition coefficient (Wildman–Crippen LogP) is 2.17. The van der Waals surface area contributed by atoms with Crippen molar-refractivity contribution in [2.45, 2.75) is 26.7 Å². The van der Waals surface area contributed by atoms with Gasteiger partial charge in [-0.25, -0.2) is 0 Å². The predicted molar refractivity (Wildman–Crippen MR) is 85.2 cm³/mol. The van der Waals surface area contributed by atoms with Crippen LogP contribution in [0.15, 0.2) is 18.2 Å². The summed E-state index contributed by atoms with van der Waals surface area (Å²) in [6.07, 6.45) is 1.50. The van der Waals surface area contributed by atoms with Crippen LogP contribution in [0, 0.1) is 13.8 Å². The Kier molecular flexibility index (Phi) is 7.09. The average molecular weight is 277 g/mol. The molecule has 0 saturated carbocycles. The first-order valence-electron chi connectivity index (χ1n) is 7.21. The molecule has 0 heterocycles. The highest BCUT2D eigenvalue weighted by Gasteiger charge is 2.01. The van der Waals surface area contributed by atoms with Crippen molar-refractivity contribution in [3.05, 3.63) is 29.3 Å². The first-order valence-corrected chi connectivity index (χ1v) is 7.21. The Balaban J connectivity index is 2.16. The summed E-state index contributed by atoms with van der Waals surface area (Å²) in [5.74, 6) is 0.111. The lowest BCUT2D eigenvalue weighted by molar-refractivity contribution is -0.120. The van der Waals surface area contributed by atoms with Crippen molar-refractivity contribution in [2.24, 2.45) is 0 Å². The van der Waals surface area contributed by atoms with Crippen LogP contribution >= 0.6 is 0 Å². The number of amides is 1. The van der Waals surface area contributed by atoms with Gasteiger partial charge in [0, 0.05) is 25.2 Å². The molecule has 4 heteroatoms. The fourth-order valence-electron chi connectivity index (χ4n) is 1.88. The molecule has 0 aliphatic heterocycles. The summed E-state index contributed by atoms with van der Waals surface area (Å²) in [6.45, 7) is 6.61. The van der Waals surface area contributed by atoms with Crippen molar-refractivity contribution in [2.75, 3.05) is 39.0 Å². The Bertz CT molecular complexity index is 430. The Hall–Kier alpha value is -1.55. The van der Waals surface area contributed by atoms with E-state index in [1.807, 2.05) is 14.1 Å². The molecule has 0 aliphatic carbocycles. The SMILES string of the molecule is Cc1ccc(NCCC(=O)NCCCN(C)C)cc1C. The number of hydrogen-bond donors (Lipinski definition) is 2. The first kappa shape index (κ1) is 16.5. The summed E-state index contributed by atoms with van der Waals surface area (Å²) in [4.78, 5) is 13.8. The normalized spacial score (nSPS) is 10.7. The third-order valence-electron chi connectivity index (χ3n) is 3.29. The maximum atomic E-state index is 11.6. The number of nitrogens with one attached hydrogen (secondary N) is 2. The standard InChI is InChI=1S/C16H27N3O/c1-13-6-7-15(12-14(13)2)17-10-8-16(20)18-9-5-11-19(3)4/h6-7,12,17H,5,8-11H2,1-4H3,(H,18,20). The second kappa shape index (κ2) is 8.59. The van der Waals surface area contributed by atoms with E-state index in [1.165, 1.54) is 11.1 Å². The van der Waals surface area contributed by atoms with Gasteiger partial charge in [-0.1, -0.05) is 6.07 Å². The smallest absolute Gasteiger partial charge is 0.221 e. The molecule has 20 heavy (non-hydrogen) atoms. The summed E-state index contributed by atoms with van der Waals surface area (Å²) < 4.78 is 0. The highest BCUT2D eigenvalue weighted by atomic mass is 16.1. The molecular weight excluding hydrogens is 250 g/mol. The monoisotopic (exact) mass is 277 g/mol. The molecule has 0 bridgehead atoms. The van der Waals surface area contributed by atoms with E-state index in [0.29, 0.717) is 13.0 Å². The molecule has 0 fully saturated rings. The summed E-state index contributed by atoms with van der Waals surface area (Å²) in [6, 6.07) is 6.26. The van der Waals surface area contributed by atoms with Crippen molar-refractivity contribution < 1.29 is 4.79 Å². The summed E-state index contributed by atoms with van der Waals surface area (Å²) >= 11 is 0. The van der Waals surface area contributed by atoms with E-state index < -0.39 is 0 Å². The Morgan fingerprint density at radius 1 is 1.15 bits per heavy atom. The lowest BCUT2D eigenvalue weighted by Crippen LogP contribution is -2.28. The topological polar surface area (TPSA) is 44.4 Å². The van der Waals surface area contributed by atoms with Crippen molar-refractivity contribution in [1.29, 1.82) is 0 Å². The molecule has 1 aromatic rings. The number of benzene rings is 1. The molecule has 0 unspecified atom stereocenters. The maximum absolute atomic E-state index is 11.6. The van der Waals surface area contributed by atoms with E-state index in [9.17, 15) is 4.79 Å². The molecule has 0 saturated heterocycles. The molecule has 0 atom stereocenters. The summed E-state index contributed by atoms with van der Waals surface area (Å²) in [5.41, 5.74) is 3.63. The zero-order valence-corrected chi connectivity index (χ0v) is 13.1. The first-order chi connectivity index (χ1) is 9.49. The Morgan fingerprint density at radius 3 is 2.55 bits per heavy atom. The second-order valence-corrected chi connectivity index (χ2v) is 5.48. The maximum Gasteiger partial charge on any atom is 0.221 e. The molecule has 1 rings (SSSR count). The number of carbonyl (C=O) groups is 1. The van der Waals surface area contributed by atoms with Crippen LogP contribution in [0.4, 0.5) is 5.69 Å². The minimum atomic E-state index is 0.111. The van der Waals surface area contributed by atoms with E-state index in [1.54, 1.807) is 0 Å². The minimum absolute atomic E-state index is 0.111. The zero-order chi connectivity index (χ0) is 15.0. The van der Waals surface area contributed by atoms with Crippen LogP contribution in [0.5, 0.6) is 0 Å². The number of hydrogen-bond acceptors (Lipinski definition) is 3. The van der Waals surface area contributed by atoms with Crippen LogP contribution in [0.2, 0.25) is 0 Å². The third-order valence-corrected chi connectivity index (χ3v) is 3.29. The van der Waals surface area contributed by atoms with Gasteiger partial charge >= 0.3 is 0 Å². The highest BCUT2D eigenvalue weighted by molar-refractivity contribution is 5.76. The molecule has 0 aromatic heterocycles. The van der Waals surface area contributed by atoms with Gasteiger partial charge in [0.15, 0.2) is 0 Å². The van der Waals surface area contributed by atoms with Gasteiger partial charge in [-0.15, -0.1) is 0 Å². The number of aryl methyl sites for hydroxylation is 2. The highest BCUT2D eigenvalue weighted by Crippen LogP contribution is 2.13. The van der Waals surface area contributed by atoms with Crippen LogP contribution in [0.25, 0.3) is 0 Å². The summed E-state index contributed by atoms with van der Waals surface area (Å²) in [7, 11) is 4.07. The average Bonchev–Trinajstić information content (AvgIpc) is 2.39. The van der Waals surface area contributed by atoms with Crippen LogP contribution in [0.3, 0.4) is 0 Å². The largest absolute Gasteiger partial charge is 0.385 e. The molecule has 0 aliphatic rings. The fraction of sp³-hybridized carbons (Fsp3) is 0.562. The molecular formula is C16H27N3O. The van der Waals surface area contributed by atoms with Crippen LogP contribution < -0.4 is 10.6 Å². The lowest BCUT2D eigenvalue weighted by Gasteiger charge is -2.11. The third kappa shape index (κ3) is 6.57. The van der Waals surface area contributed by atoms with Gasteiger partial charge in [0.2, 0.25) is 5.91 Å². The number of nitrogens with zero attached hydrogens (tertiary/aromatic N) is 1. The van der Waals surface area contributed by atoms with Crippen LogP contribution in [-0.4, -0.2) is 44.5 Å². The van der Waals surface area contributed by atoms with Crippen molar-refractivity contribution in [3.63, 3.8) is 0 Å². The lowest BCUT2D eigenvalue weighted by atomic mass is 10.1. The molecule has 112 valence electrons. The van der Waals surface area contributed by atoms with Crippen LogP contribution in [-0.2, 0) is 4.79 Å². The quantitative estimate of drug-likeness (QED) is 0.716. The van der Waals surface area contributed by atoms with Crippen molar-refractivity contribution >= 4 is 11.6 Å². The van der Waals surface area contributed by atoms with Gasteiger partial charge in [0.1, 0.15) is 0 Å².